The van der Waals surface area contributed by atoms with Crippen molar-refractivity contribution >= 4 is 5.91 Å². The van der Waals surface area contributed by atoms with Crippen molar-refractivity contribution in [3.8, 4) is 0 Å². The maximum Gasteiger partial charge on any atom is 0.220 e. The lowest BCUT2D eigenvalue weighted by molar-refractivity contribution is -0.122. The summed E-state index contributed by atoms with van der Waals surface area (Å²) < 4.78 is 5.10. The van der Waals surface area contributed by atoms with Crippen molar-refractivity contribution in [1.29, 1.82) is 0 Å². The molecule has 1 fully saturated rings. The van der Waals surface area contributed by atoms with Gasteiger partial charge in [0.1, 0.15) is 11.9 Å². The van der Waals surface area contributed by atoms with Crippen molar-refractivity contribution in [2.75, 3.05) is 6.54 Å². The topological polar surface area (TPSA) is 62.5 Å². The van der Waals surface area contributed by atoms with Gasteiger partial charge in [0.15, 0.2) is 0 Å². The number of carbonyl (C=O) groups excluding carboxylic acids is 1. The minimum atomic E-state index is -0.765. The molecule has 2 atom stereocenters. The van der Waals surface area contributed by atoms with Crippen LogP contribution in [0.25, 0.3) is 0 Å². The van der Waals surface area contributed by atoms with Gasteiger partial charge < -0.3 is 14.8 Å². The minimum Gasteiger partial charge on any atom is -0.467 e. The molecule has 2 rings (SSSR count). The van der Waals surface area contributed by atoms with Gasteiger partial charge in [-0.05, 0) is 24.0 Å². The van der Waals surface area contributed by atoms with E-state index >= 15 is 0 Å². The third-order valence-electron chi connectivity index (χ3n) is 4.33. The Labute approximate surface area is 120 Å². The van der Waals surface area contributed by atoms with Crippen LogP contribution in [0.2, 0.25) is 0 Å². The molecule has 4 heteroatoms. The van der Waals surface area contributed by atoms with Crippen molar-refractivity contribution in [3.63, 3.8) is 0 Å². The summed E-state index contributed by atoms with van der Waals surface area (Å²) >= 11 is 0. The van der Waals surface area contributed by atoms with E-state index in [-0.39, 0.29) is 12.5 Å². The Morgan fingerprint density at radius 2 is 2.20 bits per heavy atom. The average molecular weight is 279 g/mol. The highest BCUT2D eigenvalue weighted by atomic mass is 16.4. The summed E-state index contributed by atoms with van der Waals surface area (Å²) in [6, 6.07) is 3.44. The Morgan fingerprint density at radius 3 is 2.85 bits per heavy atom. The third kappa shape index (κ3) is 4.37. The molecular weight excluding hydrogens is 254 g/mol. The Kier molecular flexibility index (Phi) is 5.65. The average Bonchev–Trinajstić information content (AvgIpc) is 3.00. The fourth-order valence-corrected chi connectivity index (χ4v) is 3.03. The SMILES string of the molecule is CC(CC(=O)NCC(O)c1ccco1)C1CCCCC1. The number of hydrogen-bond donors (Lipinski definition) is 2. The van der Waals surface area contributed by atoms with E-state index in [1.807, 2.05) is 0 Å². The molecule has 2 N–H and O–H groups in total. The van der Waals surface area contributed by atoms with Gasteiger partial charge in [0.25, 0.3) is 0 Å². The van der Waals surface area contributed by atoms with E-state index in [9.17, 15) is 9.90 Å². The van der Waals surface area contributed by atoms with Crippen molar-refractivity contribution < 1.29 is 14.3 Å². The fraction of sp³-hybridized carbons (Fsp3) is 0.688. The van der Waals surface area contributed by atoms with Crippen LogP contribution in [0.1, 0.15) is 57.3 Å². The number of nitrogens with one attached hydrogen (secondary N) is 1. The van der Waals surface area contributed by atoms with Gasteiger partial charge >= 0.3 is 0 Å². The second kappa shape index (κ2) is 7.48. The summed E-state index contributed by atoms with van der Waals surface area (Å²) in [6.45, 7) is 2.38. The summed E-state index contributed by atoms with van der Waals surface area (Å²) in [5.74, 6) is 1.62. The van der Waals surface area contributed by atoms with Crippen LogP contribution in [0.4, 0.5) is 0 Å². The number of amides is 1. The normalized spacial score (nSPS) is 19.5. The lowest BCUT2D eigenvalue weighted by atomic mass is 9.79. The summed E-state index contributed by atoms with van der Waals surface area (Å²) in [4.78, 5) is 11.9. The van der Waals surface area contributed by atoms with Crippen LogP contribution in [-0.2, 0) is 4.79 Å². The Hall–Kier alpha value is -1.29. The Balaban J connectivity index is 1.69. The van der Waals surface area contributed by atoms with E-state index in [2.05, 4.69) is 12.2 Å². The van der Waals surface area contributed by atoms with Crippen LogP contribution in [-0.4, -0.2) is 17.6 Å². The van der Waals surface area contributed by atoms with Gasteiger partial charge in [-0.15, -0.1) is 0 Å². The van der Waals surface area contributed by atoms with E-state index in [0.717, 1.165) is 0 Å². The van der Waals surface area contributed by atoms with Crippen LogP contribution in [0.15, 0.2) is 22.8 Å². The van der Waals surface area contributed by atoms with Gasteiger partial charge in [0.05, 0.1) is 12.8 Å². The molecule has 1 aliphatic rings. The first-order valence-corrected chi connectivity index (χ1v) is 7.65. The highest BCUT2D eigenvalue weighted by Crippen LogP contribution is 2.31. The van der Waals surface area contributed by atoms with Crippen molar-refractivity contribution in [3.05, 3.63) is 24.2 Å². The zero-order chi connectivity index (χ0) is 14.4. The van der Waals surface area contributed by atoms with E-state index in [0.29, 0.717) is 24.0 Å². The first-order chi connectivity index (χ1) is 9.66. The Bertz CT molecular complexity index is 396. The largest absolute Gasteiger partial charge is 0.467 e. The molecule has 0 radical (unpaired) electrons. The summed E-state index contributed by atoms with van der Waals surface area (Å²) in [7, 11) is 0. The molecule has 2 unspecified atom stereocenters. The molecule has 1 heterocycles. The van der Waals surface area contributed by atoms with E-state index in [4.69, 9.17) is 4.42 Å². The maximum atomic E-state index is 11.9. The van der Waals surface area contributed by atoms with Crippen molar-refractivity contribution in [1.82, 2.24) is 5.32 Å². The molecule has 1 saturated carbocycles. The van der Waals surface area contributed by atoms with E-state index in [1.165, 1.54) is 38.4 Å². The summed E-state index contributed by atoms with van der Waals surface area (Å²) in [5, 5.41) is 12.6. The molecule has 112 valence electrons. The predicted octanol–water partition coefficient (Wildman–Crippen LogP) is 3.04. The van der Waals surface area contributed by atoms with Crippen LogP contribution in [0, 0.1) is 11.8 Å². The molecular formula is C16H25NO3. The minimum absolute atomic E-state index is 0.0219. The van der Waals surface area contributed by atoms with Gasteiger partial charge in [-0.25, -0.2) is 0 Å². The summed E-state index contributed by atoms with van der Waals surface area (Å²) in [5.41, 5.74) is 0. The first-order valence-electron chi connectivity index (χ1n) is 7.65. The highest BCUT2D eigenvalue weighted by Gasteiger charge is 2.22. The van der Waals surface area contributed by atoms with Gasteiger partial charge in [0.2, 0.25) is 5.91 Å². The van der Waals surface area contributed by atoms with Gasteiger partial charge in [-0.2, -0.15) is 0 Å². The van der Waals surface area contributed by atoms with Crippen LogP contribution in [0.3, 0.4) is 0 Å². The fourth-order valence-electron chi connectivity index (χ4n) is 3.03. The molecule has 0 saturated heterocycles. The molecule has 0 bridgehead atoms. The second-order valence-electron chi connectivity index (χ2n) is 5.91. The van der Waals surface area contributed by atoms with E-state index < -0.39 is 6.10 Å². The first kappa shape index (κ1) is 15.1. The summed E-state index contributed by atoms with van der Waals surface area (Å²) in [6.07, 6.45) is 7.75. The quantitative estimate of drug-likeness (QED) is 0.841. The van der Waals surface area contributed by atoms with Gasteiger partial charge in [0, 0.05) is 6.42 Å². The number of aliphatic hydroxyl groups is 1. The molecule has 1 aromatic rings. The number of furan rings is 1. The van der Waals surface area contributed by atoms with Gasteiger partial charge in [-0.3, -0.25) is 4.79 Å². The number of aliphatic hydroxyl groups excluding tert-OH is 1. The number of hydrogen-bond acceptors (Lipinski definition) is 3. The smallest absolute Gasteiger partial charge is 0.220 e. The van der Waals surface area contributed by atoms with Crippen LogP contribution in [0.5, 0.6) is 0 Å². The molecule has 0 aromatic carbocycles. The molecule has 20 heavy (non-hydrogen) atoms. The molecule has 0 aliphatic heterocycles. The molecule has 1 aliphatic carbocycles. The monoisotopic (exact) mass is 279 g/mol. The van der Waals surface area contributed by atoms with E-state index in [1.54, 1.807) is 12.1 Å². The Morgan fingerprint density at radius 1 is 1.45 bits per heavy atom. The van der Waals surface area contributed by atoms with Crippen molar-refractivity contribution in [2.45, 2.75) is 51.6 Å². The molecule has 4 nitrogen and oxygen atoms in total. The van der Waals surface area contributed by atoms with Gasteiger partial charge in [-0.1, -0.05) is 39.0 Å². The standard InChI is InChI=1S/C16H25NO3/c1-12(13-6-3-2-4-7-13)10-16(19)17-11-14(18)15-8-5-9-20-15/h5,8-9,12-14,18H,2-4,6-7,10-11H2,1H3,(H,17,19). The van der Waals surface area contributed by atoms with Crippen LogP contribution < -0.4 is 5.32 Å². The highest BCUT2D eigenvalue weighted by molar-refractivity contribution is 5.76. The zero-order valence-corrected chi connectivity index (χ0v) is 12.2. The molecule has 1 aromatic heterocycles. The zero-order valence-electron chi connectivity index (χ0n) is 12.2. The second-order valence-corrected chi connectivity index (χ2v) is 5.91. The molecule has 1 amide bonds. The molecule has 0 spiro atoms. The lowest BCUT2D eigenvalue weighted by Gasteiger charge is -2.27. The number of carbonyl (C=O) groups is 1. The third-order valence-corrected chi connectivity index (χ3v) is 4.33. The van der Waals surface area contributed by atoms with Crippen LogP contribution >= 0.6 is 0 Å². The maximum absolute atomic E-state index is 11.9. The lowest BCUT2D eigenvalue weighted by Crippen LogP contribution is -2.31. The van der Waals surface area contributed by atoms with Crippen molar-refractivity contribution in [2.24, 2.45) is 11.8 Å². The predicted molar refractivity (Wildman–Crippen MR) is 77.0 cm³/mol. The number of rotatable bonds is 6.